The van der Waals surface area contributed by atoms with E-state index in [0.717, 1.165) is 18.8 Å². The quantitative estimate of drug-likeness (QED) is 0.819. The maximum Gasteiger partial charge on any atom is 0.256 e. The Morgan fingerprint density at radius 2 is 1.73 bits per heavy atom. The van der Waals surface area contributed by atoms with E-state index in [9.17, 15) is 4.79 Å². The third-order valence-corrected chi connectivity index (χ3v) is 7.88. The highest BCUT2D eigenvalue weighted by molar-refractivity contribution is 8.19. The molecule has 1 aromatic heterocycles. The molecule has 0 radical (unpaired) electrons. The van der Waals surface area contributed by atoms with Gasteiger partial charge in [0.05, 0.1) is 16.5 Å². The fourth-order valence-electron chi connectivity index (χ4n) is 3.33. The summed E-state index contributed by atoms with van der Waals surface area (Å²) >= 11 is 3.95. The zero-order chi connectivity index (χ0) is 17.8. The van der Waals surface area contributed by atoms with Gasteiger partial charge in [0.2, 0.25) is 0 Å². The number of thioether (sulfide) groups is 2. The van der Waals surface area contributed by atoms with E-state index in [0.29, 0.717) is 16.0 Å². The van der Waals surface area contributed by atoms with Crippen molar-refractivity contribution in [1.29, 1.82) is 0 Å². The Bertz CT molecular complexity index is 737. The number of hydrogen-bond acceptors (Lipinski definition) is 5. The number of pyridine rings is 1. The summed E-state index contributed by atoms with van der Waals surface area (Å²) in [6, 6.07) is 11.9. The molecule has 2 aliphatic heterocycles. The third kappa shape index (κ3) is 4.18. The highest BCUT2D eigenvalue weighted by Gasteiger charge is 2.18. The van der Waals surface area contributed by atoms with Gasteiger partial charge in [0.15, 0.2) is 0 Å². The lowest BCUT2D eigenvalue weighted by molar-refractivity contribution is 0.102. The molecule has 0 bridgehead atoms. The fraction of sp³-hybridized carbons (Fsp3) is 0.400. The van der Waals surface area contributed by atoms with Crippen LogP contribution in [-0.4, -0.2) is 35.5 Å². The Hall–Kier alpha value is -1.66. The molecule has 4 nitrogen and oxygen atoms in total. The van der Waals surface area contributed by atoms with Crippen LogP contribution in [0.1, 0.15) is 39.8 Å². The summed E-state index contributed by atoms with van der Waals surface area (Å²) in [5, 5.41) is 2.90. The van der Waals surface area contributed by atoms with E-state index < -0.39 is 0 Å². The van der Waals surface area contributed by atoms with Crippen molar-refractivity contribution in [3.63, 3.8) is 0 Å². The smallest absolute Gasteiger partial charge is 0.256 e. The minimum Gasteiger partial charge on any atom is -0.370 e. The van der Waals surface area contributed by atoms with E-state index in [4.69, 9.17) is 0 Å². The Kier molecular flexibility index (Phi) is 5.70. The number of carbonyl (C=O) groups excluding carboxylic acids is 1. The van der Waals surface area contributed by atoms with E-state index in [1.54, 1.807) is 0 Å². The first-order valence-electron chi connectivity index (χ1n) is 9.15. The summed E-state index contributed by atoms with van der Waals surface area (Å²) in [7, 11) is 0. The molecular weight excluding hydrogens is 362 g/mol. The molecule has 3 heterocycles. The van der Waals surface area contributed by atoms with Crippen LogP contribution in [0.5, 0.6) is 0 Å². The second kappa shape index (κ2) is 8.35. The monoisotopic (exact) mass is 385 g/mol. The van der Waals surface area contributed by atoms with Crippen molar-refractivity contribution in [3.8, 4) is 0 Å². The third-order valence-electron chi connectivity index (χ3n) is 4.78. The van der Waals surface area contributed by atoms with Gasteiger partial charge in [-0.15, -0.1) is 23.5 Å². The van der Waals surface area contributed by atoms with Gasteiger partial charge in [-0.05, 0) is 49.1 Å². The lowest BCUT2D eigenvalue weighted by Gasteiger charge is -2.28. The van der Waals surface area contributed by atoms with E-state index in [-0.39, 0.29) is 5.91 Å². The van der Waals surface area contributed by atoms with Crippen LogP contribution >= 0.6 is 23.5 Å². The topological polar surface area (TPSA) is 45.2 Å². The van der Waals surface area contributed by atoms with Crippen LogP contribution in [0.25, 0.3) is 0 Å². The van der Waals surface area contributed by atoms with Gasteiger partial charge in [-0.2, -0.15) is 0 Å². The number of benzene rings is 1. The van der Waals surface area contributed by atoms with Gasteiger partial charge in [-0.25, -0.2) is 4.98 Å². The van der Waals surface area contributed by atoms with Crippen LogP contribution in [0.3, 0.4) is 0 Å². The minimum absolute atomic E-state index is 0.110. The van der Waals surface area contributed by atoms with Crippen LogP contribution in [0, 0.1) is 0 Å². The molecule has 0 saturated carbocycles. The maximum atomic E-state index is 12.5. The average Bonchev–Trinajstić information content (AvgIpc) is 3.24. The summed E-state index contributed by atoms with van der Waals surface area (Å²) in [5.41, 5.74) is 3.10. The van der Waals surface area contributed by atoms with Crippen molar-refractivity contribution in [2.75, 3.05) is 34.8 Å². The zero-order valence-corrected chi connectivity index (χ0v) is 16.3. The van der Waals surface area contributed by atoms with Gasteiger partial charge in [-0.3, -0.25) is 4.79 Å². The highest BCUT2D eigenvalue weighted by atomic mass is 32.2. The van der Waals surface area contributed by atoms with Crippen LogP contribution < -0.4 is 10.2 Å². The SMILES string of the molecule is O=C(Nc1ccc(N2CCCCC2)cn1)c1ccc(C2SCCS2)cc1. The van der Waals surface area contributed by atoms with Crippen LogP contribution in [0.15, 0.2) is 42.6 Å². The molecule has 0 spiro atoms. The molecule has 2 aromatic rings. The standard InChI is InChI=1S/C20H23N3OS2/c24-19(15-4-6-16(7-5-15)20-25-12-13-26-20)22-18-9-8-17(14-21-18)23-10-2-1-3-11-23/h4-9,14,20H,1-3,10-13H2,(H,21,22,24). The number of carbonyl (C=O) groups is 1. The van der Waals surface area contributed by atoms with E-state index >= 15 is 0 Å². The normalized spacial score (nSPS) is 18.1. The Balaban J connectivity index is 1.37. The van der Waals surface area contributed by atoms with Gasteiger partial charge in [0.1, 0.15) is 5.82 Å². The Morgan fingerprint density at radius 1 is 1.00 bits per heavy atom. The largest absolute Gasteiger partial charge is 0.370 e. The van der Waals surface area contributed by atoms with Gasteiger partial charge < -0.3 is 10.2 Å². The van der Waals surface area contributed by atoms with Gasteiger partial charge >= 0.3 is 0 Å². The molecule has 2 aliphatic rings. The van der Waals surface area contributed by atoms with Crippen molar-refractivity contribution >= 4 is 40.9 Å². The number of piperidine rings is 1. The number of aromatic nitrogens is 1. The van der Waals surface area contributed by atoms with Crippen LogP contribution in [0.4, 0.5) is 11.5 Å². The second-order valence-corrected chi connectivity index (χ2v) is 9.32. The van der Waals surface area contributed by atoms with Crippen LogP contribution in [0.2, 0.25) is 0 Å². The van der Waals surface area contributed by atoms with Gasteiger partial charge in [-0.1, -0.05) is 12.1 Å². The second-order valence-electron chi connectivity index (χ2n) is 6.60. The molecule has 1 amide bonds. The van der Waals surface area contributed by atoms with Crippen molar-refractivity contribution in [2.24, 2.45) is 0 Å². The fourth-order valence-corrected chi connectivity index (χ4v) is 6.19. The zero-order valence-electron chi connectivity index (χ0n) is 14.7. The van der Waals surface area contributed by atoms with Gasteiger partial charge in [0, 0.05) is 30.2 Å². The number of amides is 1. The molecule has 2 fully saturated rings. The first-order valence-corrected chi connectivity index (χ1v) is 11.2. The molecule has 1 aromatic carbocycles. The van der Waals surface area contributed by atoms with Crippen molar-refractivity contribution in [2.45, 2.75) is 23.8 Å². The molecule has 4 rings (SSSR count). The number of anilines is 2. The lowest BCUT2D eigenvalue weighted by Crippen LogP contribution is -2.29. The van der Waals surface area contributed by atoms with E-state index in [1.807, 2.05) is 54.0 Å². The first kappa shape index (κ1) is 17.7. The molecule has 2 saturated heterocycles. The molecule has 1 N–H and O–H groups in total. The highest BCUT2D eigenvalue weighted by Crippen LogP contribution is 2.45. The first-order chi connectivity index (χ1) is 12.8. The number of nitrogens with zero attached hydrogens (tertiary/aromatic N) is 2. The number of nitrogens with one attached hydrogen (secondary N) is 1. The molecule has 6 heteroatoms. The minimum atomic E-state index is -0.110. The summed E-state index contributed by atoms with van der Waals surface area (Å²) in [6.45, 7) is 2.19. The summed E-state index contributed by atoms with van der Waals surface area (Å²) in [4.78, 5) is 19.2. The average molecular weight is 386 g/mol. The Morgan fingerprint density at radius 3 is 2.38 bits per heavy atom. The Labute approximate surface area is 163 Å². The predicted molar refractivity (Wildman–Crippen MR) is 112 cm³/mol. The summed E-state index contributed by atoms with van der Waals surface area (Å²) in [6.07, 6.45) is 5.66. The molecule has 0 unspecified atom stereocenters. The van der Waals surface area contributed by atoms with E-state index in [2.05, 4.69) is 27.3 Å². The van der Waals surface area contributed by atoms with Crippen LogP contribution in [-0.2, 0) is 0 Å². The van der Waals surface area contributed by atoms with Crippen molar-refractivity contribution in [1.82, 2.24) is 4.98 Å². The van der Waals surface area contributed by atoms with Gasteiger partial charge in [0.25, 0.3) is 5.91 Å². The predicted octanol–water partition coefficient (Wildman–Crippen LogP) is 4.80. The molecular formula is C20H23N3OS2. The number of rotatable bonds is 4. The van der Waals surface area contributed by atoms with Crippen molar-refractivity contribution < 1.29 is 4.79 Å². The molecule has 0 aliphatic carbocycles. The molecule has 136 valence electrons. The number of hydrogen-bond donors (Lipinski definition) is 1. The van der Waals surface area contributed by atoms with Crippen molar-refractivity contribution in [3.05, 3.63) is 53.7 Å². The molecule has 26 heavy (non-hydrogen) atoms. The maximum absolute atomic E-state index is 12.5. The van der Waals surface area contributed by atoms with E-state index in [1.165, 1.54) is 36.3 Å². The summed E-state index contributed by atoms with van der Waals surface area (Å²) < 4.78 is 0.510. The molecule has 0 atom stereocenters. The summed E-state index contributed by atoms with van der Waals surface area (Å²) in [5.74, 6) is 2.90. The lowest BCUT2D eigenvalue weighted by atomic mass is 10.1.